The average Bonchev–Trinajstić information content (AvgIpc) is 2.48. The van der Waals surface area contributed by atoms with Crippen molar-refractivity contribution in [2.75, 3.05) is 26.3 Å². The summed E-state index contributed by atoms with van der Waals surface area (Å²) < 4.78 is 23.6. The lowest BCUT2D eigenvalue weighted by atomic mass is 10.2. The SMILES string of the molecule is O=C(O)C[C@H]1CN(C(=O)COc2ccc(F)c(Cl)c2)CCO1. The minimum atomic E-state index is -0.975. The zero-order chi connectivity index (χ0) is 16.1. The minimum Gasteiger partial charge on any atom is -0.484 e. The number of halogens is 2. The molecule has 22 heavy (non-hydrogen) atoms. The van der Waals surface area contributed by atoms with Crippen LogP contribution in [0.4, 0.5) is 4.39 Å². The molecule has 0 aromatic heterocycles. The molecule has 1 amide bonds. The lowest BCUT2D eigenvalue weighted by molar-refractivity contribution is -0.148. The van der Waals surface area contributed by atoms with Gasteiger partial charge < -0.3 is 19.5 Å². The minimum absolute atomic E-state index is 0.0853. The van der Waals surface area contributed by atoms with E-state index in [1.807, 2.05) is 0 Å². The average molecular weight is 332 g/mol. The van der Waals surface area contributed by atoms with Gasteiger partial charge in [0.25, 0.3) is 5.91 Å². The molecule has 1 aromatic carbocycles. The standard InChI is InChI=1S/C14H15ClFNO5/c15-11-5-9(1-2-12(11)16)22-8-13(18)17-3-4-21-10(7-17)6-14(19)20/h1-2,5,10H,3-4,6-8H2,(H,19,20)/t10-/m0/s1. The van der Waals surface area contributed by atoms with E-state index < -0.39 is 17.9 Å². The number of nitrogens with zero attached hydrogens (tertiary/aromatic N) is 1. The van der Waals surface area contributed by atoms with Gasteiger partial charge in [-0.05, 0) is 12.1 Å². The van der Waals surface area contributed by atoms with Gasteiger partial charge in [0.1, 0.15) is 11.6 Å². The number of benzene rings is 1. The van der Waals surface area contributed by atoms with Gasteiger partial charge >= 0.3 is 5.97 Å². The third-order valence-corrected chi connectivity index (χ3v) is 3.44. The van der Waals surface area contributed by atoms with E-state index >= 15 is 0 Å². The zero-order valence-electron chi connectivity index (χ0n) is 11.6. The molecule has 0 radical (unpaired) electrons. The molecule has 8 heteroatoms. The first-order chi connectivity index (χ1) is 10.5. The molecule has 0 saturated carbocycles. The van der Waals surface area contributed by atoms with Crippen LogP contribution >= 0.6 is 11.6 Å². The van der Waals surface area contributed by atoms with Crippen molar-refractivity contribution in [3.05, 3.63) is 29.0 Å². The molecule has 1 aromatic rings. The number of amides is 1. The summed E-state index contributed by atoms with van der Waals surface area (Å²) in [6, 6.07) is 3.82. The number of carboxylic acids is 1. The Labute approximate surface area is 131 Å². The number of hydrogen-bond donors (Lipinski definition) is 1. The smallest absolute Gasteiger partial charge is 0.306 e. The van der Waals surface area contributed by atoms with E-state index in [1.165, 1.54) is 17.0 Å². The van der Waals surface area contributed by atoms with Gasteiger partial charge in [0.2, 0.25) is 0 Å². The van der Waals surface area contributed by atoms with Crippen molar-refractivity contribution < 1.29 is 28.6 Å². The first kappa shape index (κ1) is 16.5. The van der Waals surface area contributed by atoms with E-state index in [-0.39, 0.29) is 42.9 Å². The van der Waals surface area contributed by atoms with Crippen molar-refractivity contribution >= 4 is 23.5 Å². The largest absolute Gasteiger partial charge is 0.484 e. The Bertz CT molecular complexity index is 568. The molecule has 0 unspecified atom stereocenters. The quantitative estimate of drug-likeness (QED) is 0.886. The van der Waals surface area contributed by atoms with Gasteiger partial charge in [0.15, 0.2) is 6.61 Å². The highest BCUT2D eigenvalue weighted by atomic mass is 35.5. The number of hydrogen-bond acceptors (Lipinski definition) is 4. The maximum absolute atomic E-state index is 13.0. The molecule has 1 heterocycles. The summed E-state index contributed by atoms with van der Waals surface area (Å²) in [6.07, 6.45) is -0.673. The Hall–Kier alpha value is -1.86. The molecule has 1 N–H and O–H groups in total. The van der Waals surface area contributed by atoms with Crippen molar-refractivity contribution in [3.8, 4) is 5.75 Å². The highest BCUT2D eigenvalue weighted by Crippen LogP contribution is 2.21. The first-order valence-corrected chi connectivity index (χ1v) is 7.02. The van der Waals surface area contributed by atoms with Gasteiger partial charge in [-0.15, -0.1) is 0 Å². The van der Waals surface area contributed by atoms with Crippen LogP contribution in [0.1, 0.15) is 6.42 Å². The number of carbonyl (C=O) groups excluding carboxylic acids is 1. The molecule has 0 aliphatic carbocycles. The maximum Gasteiger partial charge on any atom is 0.306 e. The van der Waals surface area contributed by atoms with E-state index in [9.17, 15) is 14.0 Å². The van der Waals surface area contributed by atoms with Crippen molar-refractivity contribution in [3.63, 3.8) is 0 Å². The zero-order valence-corrected chi connectivity index (χ0v) is 12.4. The van der Waals surface area contributed by atoms with Crippen LogP contribution in [0.15, 0.2) is 18.2 Å². The third-order valence-electron chi connectivity index (χ3n) is 3.15. The fourth-order valence-electron chi connectivity index (χ4n) is 2.07. The highest BCUT2D eigenvalue weighted by molar-refractivity contribution is 6.30. The summed E-state index contributed by atoms with van der Waals surface area (Å²) in [5.74, 6) is -1.55. The van der Waals surface area contributed by atoms with E-state index in [0.717, 1.165) is 6.07 Å². The molecule has 0 spiro atoms. The van der Waals surface area contributed by atoms with E-state index in [0.29, 0.717) is 6.54 Å². The molecule has 1 aliphatic heterocycles. The van der Waals surface area contributed by atoms with Crippen molar-refractivity contribution in [1.29, 1.82) is 0 Å². The van der Waals surface area contributed by atoms with Crippen LogP contribution in [-0.4, -0.2) is 54.3 Å². The van der Waals surface area contributed by atoms with Gasteiger partial charge in [0.05, 0.1) is 24.2 Å². The fraction of sp³-hybridized carbons (Fsp3) is 0.429. The number of ether oxygens (including phenoxy) is 2. The molecular weight excluding hydrogens is 317 g/mol. The lowest BCUT2D eigenvalue weighted by Crippen LogP contribution is -2.47. The fourth-order valence-corrected chi connectivity index (χ4v) is 2.24. The van der Waals surface area contributed by atoms with E-state index in [1.54, 1.807) is 0 Å². The summed E-state index contributed by atoms with van der Waals surface area (Å²) in [6.45, 7) is 0.634. The van der Waals surface area contributed by atoms with Crippen molar-refractivity contribution in [1.82, 2.24) is 4.90 Å². The van der Waals surface area contributed by atoms with Crippen LogP contribution in [0.25, 0.3) is 0 Å². The summed E-state index contributed by atoms with van der Waals surface area (Å²) in [5, 5.41) is 8.65. The second-order valence-corrected chi connectivity index (χ2v) is 5.20. The van der Waals surface area contributed by atoms with Gasteiger partial charge in [-0.3, -0.25) is 9.59 Å². The molecule has 1 atom stereocenters. The van der Waals surface area contributed by atoms with Gasteiger partial charge in [-0.25, -0.2) is 4.39 Å². The predicted molar refractivity (Wildman–Crippen MR) is 75.5 cm³/mol. The first-order valence-electron chi connectivity index (χ1n) is 6.64. The number of carboxylic acid groups (broad SMARTS) is 1. The van der Waals surface area contributed by atoms with Crippen molar-refractivity contribution in [2.24, 2.45) is 0 Å². The Morgan fingerprint density at radius 2 is 2.27 bits per heavy atom. The molecular formula is C14H15ClFNO5. The molecule has 120 valence electrons. The predicted octanol–water partition coefficient (Wildman–Crippen LogP) is 1.56. The Balaban J connectivity index is 1.86. The molecule has 0 bridgehead atoms. The second-order valence-electron chi connectivity index (χ2n) is 4.80. The van der Waals surface area contributed by atoms with Crippen LogP contribution < -0.4 is 4.74 Å². The summed E-state index contributed by atoms with van der Waals surface area (Å²) in [7, 11) is 0. The van der Waals surface area contributed by atoms with Gasteiger partial charge in [-0.1, -0.05) is 11.6 Å². The molecule has 2 rings (SSSR count). The molecule has 1 saturated heterocycles. The van der Waals surface area contributed by atoms with E-state index in [4.69, 9.17) is 26.2 Å². The van der Waals surface area contributed by atoms with Crippen LogP contribution in [-0.2, 0) is 14.3 Å². The number of morpholine rings is 1. The number of aliphatic carboxylic acids is 1. The van der Waals surface area contributed by atoms with Crippen LogP contribution in [0, 0.1) is 5.82 Å². The monoisotopic (exact) mass is 331 g/mol. The molecule has 1 aliphatic rings. The third kappa shape index (κ3) is 4.57. The van der Waals surface area contributed by atoms with Crippen LogP contribution in [0.3, 0.4) is 0 Å². The number of carbonyl (C=O) groups is 2. The Morgan fingerprint density at radius 3 is 2.95 bits per heavy atom. The lowest BCUT2D eigenvalue weighted by Gasteiger charge is -2.32. The summed E-state index contributed by atoms with van der Waals surface area (Å²) >= 11 is 5.62. The van der Waals surface area contributed by atoms with E-state index in [2.05, 4.69) is 0 Å². The Kier molecular flexibility index (Phi) is 5.57. The summed E-state index contributed by atoms with van der Waals surface area (Å²) in [5.41, 5.74) is 0. The van der Waals surface area contributed by atoms with Gasteiger partial charge in [-0.2, -0.15) is 0 Å². The van der Waals surface area contributed by atoms with Crippen LogP contribution in [0.2, 0.25) is 5.02 Å². The molecule has 1 fully saturated rings. The Morgan fingerprint density at radius 1 is 1.50 bits per heavy atom. The normalized spacial score (nSPS) is 18.1. The van der Waals surface area contributed by atoms with Crippen molar-refractivity contribution in [2.45, 2.75) is 12.5 Å². The topological polar surface area (TPSA) is 76.1 Å². The second kappa shape index (κ2) is 7.42. The highest BCUT2D eigenvalue weighted by Gasteiger charge is 2.26. The number of rotatable bonds is 5. The maximum atomic E-state index is 13.0. The van der Waals surface area contributed by atoms with Gasteiger partial charge in [0, 0.05) is 19.2 Å². The summed E-state index contributed by atoms with van der Waals surface area (Å²) in [4.78, 5) is 24.2. The van der Waals surface area contributed by atoms with Crippen LogP contribution in [0.5, 0.6) is 5.75 Å². The molecule has 6 nitrogen and oxygen atoms in total.